The number of hydrogen-bond donors (Lipinski definition) is 6. The van der Waals surface area contributed by atoms with E-state index in [9.17, 15) is 34.5 Å². The second-order valence-electron chi connectivity index (χ2n) is 15.2. The largest absolute Gasteiger partial charge is 0.480 e. The van der Waals surface area contributed by atoms with Crippen molar-refractivity contribution in [1.82, 2.24) is 20.2 Å². The summed E-state index contributed by atoms with van der Waals surface area (Å²) in [4.78, 5) is 61.5. The molecule has 3 heterocycles. The topological polar surface area (TPSA) is 194 Å². The molecule has 2 aromatic heterocycles. The molecule has 13 heteroatoms. The minimum atomic E-state index is -1.14. The van der Waals surface area contributed by atoms with Crippen LogP contribution in [0.15, 0.2) is 60.9 Å². The number of pyridine rings is 2. The first-order valence-corrected chi connectivity index (χ1v) is 19.4. The van der Waals surface area contributed by atoms with Gasteiger partial charge in [-0.3, -0.25) is 39.4 Å². The van der Waals surface area contributed by atoms with Gasteiger partial charge in [-0.05, 0) is 140 Å². The number of aliphatic hydroxyl groups is 1. The number of likely N-dealkylation sites (tertiary alicyclic amines) is 1. The van der Waals surface area contributed by atoms with Crippen LogP contribution in [0.1, 0.15) is 111 Å². The van der Waals surface area contributed by atoms with Gasteiger partial charge < -0.3 is 26.0 Å². The third-order valence-electron chi connectivity index (χ3n) is 11.3. The monoisotopic (exact) mass is 760 g/mol. The summed E-state index contributed by atoms with van der Waals surface area (Å²) in [6, 6.07) is 13.4. The van der Waals surface area contributed by atoms with E-state index in [0.717, 1.165) is 89.6 Å². The van der Waals surface area contributed by atoms with Crippen LogP contribution in [0.5, 0.6) is 0 Å². The van der Waals surface area contributed by atoms with Gasteiger partial charge in [0.2, 0.25) is 0 Å². The highest BCUT2D eigenvalue weighted by molar-refractivity contribution is 6.05. The van der Waals surface area contributed by atoms with Gasteiger partial charge in [-0.1, -0.05) is 30.7 Å². The van der Waals surface area contributed by atoms with Crippen LogP contribution in [0.25, 0.3) is 11.1 Å². The molecule has 13 nitrogen and oxygen atoms in total. The average molecular weight is 761 g/mol. The number of hydrogen-bond acceptors (Lipinski definition) is 9. The van der Waals surface area contributed by atoms with Gasteiger partial charge in [0.15, 0.2) is 0 Å². The fraction of sp³-hybridized carbons (Fsp3) is 0.395. The summed E-state index contributed by atoms with van der Waals surface area (Å²) >= 11 is 0. The SMILES string of the molecule is Cc1c(NC(=O)c2cc(C3CC3)c(CN[C@@H](CO)C(=O)O)cn2)cccc1-c1cccc(NC(=O)c2cc(C3CC3)c(CN3CCCC[C@H]3C(=O)O)cn2)c1C. The molecule has 1 saturated heterocycles. The lowest BCUT2D eigenvalue weighted by Gasteiger charge is -2.33. The summed E-state index contributed by atoms with van der Waals surface area (Å²) in [5, 5.41) is 37.4. The lowest BCUT2D eigenvalue weighted by molar-refractivity contribution is -0.145. The number of nitrogens with one attached hydrogen (secondary N) is 3. The molecule has 3 fully saturated rings. The number of carboxylic acid groups (broad SMARTS) is 2. The zero-order chi connectivity index (χ0) is 39.5. The number of nitrogens with zero attached hydrogens (tertiary/aromatic N) is 3. The highest BCUT2D eigenvalue weighted by Crippen LogP contribution is 2.43. The van der Waals surface area contributed by atoms with Crippen LogP contribution in [-0.4, -0.2) is 79.2 Å². The maximum atomic E-state index is 13.7. The second-order valence-corrected chi connectivity index (χ2v) is 15.2. The van der Waals surface area contributed by atoms with E-state index in [1.165, 1.54) is 0 Å². The van der Waals surface area contributed by atoms with E-state index in [2.05, 4.69) is 25.9 Å². The quantitative estimate of drug-likeness (QED) is 0.0833. The Morgan fingerprint density at radius 3 is 1.80 bits per heavy atom. The van der Waals surface area contributed by atoms with Crippen molar-refractivity contribution in [3.8, 4) is 11.1 Å². The zero-order valence-corrected chi connectivity index (χ0v) is 31.7. The second kappa shape index (κ2) is 16.7. The summed E-state index contributed by atoms with van der Waals surface area (Å²) in [5.41, 5.74) is 9.07. The van der Waals surface area contributed by atoms with Crippen LogP contribution < -0.4 is 16.0 Å². The van der Waals surface area contributed by atoms with Crippen LogP contribution in [0.4, 0.5) is 11.4 Å². The van der Waals surface area contributed by atoms with E-state index in [1.807, 2.05) is 61.2 Å². The van der Waals surface area contributed by atoms with Crippen molar-refractivity contribution >= 4 is 35.1 Å². The summed E-state index contributed by atoms with van der Waals surface area (Å²) in [7, 11) is 0. The maximum Gasteiger partial charge on any atom is 0.323 e. The van der Waals surface area contributed by atoms with Crippen LogP contribution in [0.3, 0.4) is 0 Å². The highest BCUT2D eigenvalue weighted by Gasteiger charge is 2.33. The third-order valence-corrected chi connectivity index (χ3v) is 11.3. The van der Waals surface area contributed by atoms with Crippen LogP contribution in [0.2, 0.25) is 0 Å². The average Bonchev–Trinajstić information content (AvgIpc) is 4.12. The molecule has 0 unspecified atom stereocenters. The molecule has 2 aromatic carbocycles. The summed E-state index contributed by atoms with van der Waals surface area (Å²) in [6.45, 7) is 4.77. The normalized spacial score (nSPS) is 17.6. The molecule has 2 saturated carbocycles. The number of aliphatic carboxylic acids is 2. The van der Waals surface area contributed by atoms with E-state index in [0.29, 0.717) is 36.0 Å². The fourth-order valence-electron chi connectivity index (χ4n) is 7.72. The smallest absolute Gasteiger partial charge is 0.323 e. The lowest BCUT2D eigenvalue weighted by atomic mass is 9.94. The molecule has 3 aliphatic rings. The number of aliphatic hydroxyl groups excluding tert-OH is 1. The van der Waals surface area contributed by atoms with Crippen molar-refractivity contribution in [3.05, 3.63) is 106 Å². The standard InChI is InChI=1S/C43H48N6O7/c1-24-30(7-5-9-34(24)47-40(51)36-17-32(26-12-13-26)28(19-44-36)20-46-38(23-50)42(53)54)31-8-6-10-35(25(31)2)48-41(52)37-18-33(27-14-15-27)29(21-45-37)22-49-16-4-3-11-39(49)43(55)56/h5-10,17-19,21,26-27,38-39,46,50H,3-4,11-16,20,22-23H2,1-2H3,(H,47,51)(H,48,52)(H,53,54)(H,55,56)/t38-,39-/m0/s1. The molecule has 4 aromatic rings. The van der Waals surface area contributed by atoms with Crippen LogP contribution >= 0.6 is 0 Å². The Hall–Kier alpha value is -5.50. The molecule has 56 heavy (non-hydrogen) atoms. The molecule has 292 valence electrons. The predicted octanol–water partition coefficient (Wildman–Crippen LogP) is 5.99. The summed E-state index contributed by atoms with van der Waals surface area (Å²) < 4.78 is 0. The van der Waals surface area contributed by atoms with Crippen molar-refractivity contribution in [1.29, 1.82) is 0 Å². The van der Waals surface area contributed by atoms with E-state index in [1.54, 1.807) is 18.5 Å². The molecule has 6 N–H and O–H groups in total. The molecular weight excluding hydrogens is 713 g/mol. The molecule has 0 spiro atoms. The number of benzene rings is 2. The van der Waals surface area contributed by atoms with E-state index < -0.39 is 30.6 Å². The molecule has 2 atom stereocenters. The molecule has 2 aliphatic carbocycles. The van der Waals surface area contributed by atoms with Crippen LogP contribution in [-0.2, 0) is 22.7 Å². The van der Waals surface area contributed by atoms with Gasteiger partial charge in [0.05, 0.1) is 6.61 Å². The number of aromatic nitrogens is 2. The maximum absolute atomic E-state index is 13.7. The Labute approximate surface area is 325 Å². The number of carbonyl (C=O) groups is 4. The van der Waals surface area contributed by atoms with Gasteiger partial charge in [0, 0.05) is 36.9 Å². The molecule has 7 rings (SSSR count). The first-order chi connectivity index (χ1) is 27.0. The summed E-state index contributed by atoms with van der Waals surface area (Å²) in [5.74, 6) is -2.02. The van der Waals surface area contributed by atoms with Crippen molar-refractivity contribution in [2.75, 3.05) is 23.8 Å². The van der Waals surface area contributed by atoms with Crippen molar-refractivity contribution < 1.29 is 34.5 Å². The Balaban J connectivity index is 1.06. The lowest BCUT2D eigenvalue weighted by Crippen LogP contribution is -2.44. The van der Waals surface area contributed by atoms with E-state index >= 15 is 0 Å². The minimum Gasteiger partial charge on any atom is -0.480 e. The molecule has 2 amide bonds. The van der Waals surface area contributed by atoms with Crippen molar-refractivity contribution in [2.45, 2.75) is 95.8 Å². The minimum absolute atomic E-state index is 0.206. The number of amides is 2. The molecule has 0 bridgehead atoms. The molecular formula is C43H48N6O7. The van der Waals surface area contributed by atoms with Crippen LogP contribution in [0, 0.1) is 13.8 Å². The third kappa shape index (κ3) is 8.65. The first kappa shape index (κ1) is 38.8. The van der Waals surface area contributed by atoms with Gasteiger partial charge >= 0.3 is 11.9 Å². The number of rotatable bonds is 15. The highest BCUT2D eigenvalue weighted by atomic mass is 16.4. The number of anilines is 2. The Morgan fingerprint density at radius 2 is 1.30 bits per heavy atom. The number of carboxylic acids is 2. The van der Waals surface area contributed by atoms with E-state index in [-0.39, 0.29) is 30.0 Å². The van der Waals surface area contributed by atoms with Gasteiger partial charge in [-0.25, -0.2) is 0 Å². The Kier molecular flexibility index (Phi) is 11.6. The first-order valence-electron chi connectivity index (χ1n) is 19.4. The Morgan fingerprint density at radius 1 is 0.768 bits per heavy atom. The van der Waals surface area contributed by atoms with Gasteiger partial charge in [0.25, 0.3) is 11.8 Å². The van der Waals surface area contributed by atoms with Gasteiger partial charge in [0.1, 0.15) is 23.5 Å². The fourth-order valence-corrected chi connectivity index (χ4v) is 7.72. The van der Waals surface area contributed by atoms with Crippen molar-refractivity contribution in [3.63, 3.8) is 0 Å². The van der Waals surface area contributed by atoms with Gasteiger partial charge in [-0.2, -0.15) is 0 Å². The number of piperidine rings is 1. The zero-order valence-electron chi connectivity index (χ0n) is 31.7. The number of carbonyl (C=O) groups excluding carboxylic acids is 2. The molecule has 0 radical (unpaired) electrons. The van der Waals surface area contributed by atoms with Crippen molar-refractivity contribution in [2.24, 2.45) is 0 Å². The summed E-state index contributed by atoms with van der Waals surface area (Å²) in [6.07, 6.45) is 9.86. The molecule has 1 aliphatic heterocycles. The Bertz CT molecular complexity index is 2160. The predicted molar refractivity (Wildman–Crippen MR) is 211 cm³/mol. The van der Waals surface area contributed by atoms with Gasteiger partial charge in [-0.15, -0.1) is 0 Å². The van der Waals surface area contributed by atoms with E-state index in [4.69, 9.17) is 0 Å².